The van der Waals surface area contributed by atoms with Crippen LogP contribution in [0, 0.1) is 6.92 Å². The molecule has 0 saturated carbocycles. The molecule has 142 valence electrons. The molecule has 0 radical (unpaired) electrons. The summed E-state index contributed by atoms with van der Waals surface area (Å²) in [5, 5.41) is 9.92. The number of nitrogens with one attached hydrogen (secondary N) is 2. The molecule has 2 heterocycles. The van der Waals surface area contributed by atoms with Gasteiger partial charge in [0.1, 0.15) is 6.26 Å². The van der Waals surface area contributed by atoms with Crippen LogP contribution in [0.15, 0.2) is 51.4 Å². The van der Waals surface area contributed by atoms with E-state index in [9.17, 15) is 0 Å². The first-order valence-corrected chi connectivity index (χ1v) is 9.98. The molecule has 7 heteroatoms. The molecule has 2 aromatic heterocycles. The summed E-state index contributed by atoms with van der Waals surface area (Å²) in [5.74, 6) is 1.40. The molecule has 2 N–H and O–H groups in total. The molecule has 0 bridgehead atoms. The third-order valence-corrected chi connectivity index (χ3v) is 5.04. The number of aromatic nitrogens is 2. The van der Waals surface area contributed by atoms with Crippen molar-refractivity contribution in [3.8, 4) is 11.5 Å². The Balaban J connectivity index is 1.37. The summed E-state index contributed by atoms with van der Waals surface area (Å²) >= 11 is 1.74. The van der Waals surface area contributed by atoms with Crippen LogP contribution >= 0.6 is 11.3 Å². The minimum absolute atomic E-state index is 0.564. The number of hydrogen-bond acceptors (Lipinski definition) is 5. The molecule has 1 aromatic carbocycles. The van der Waals surface area contributed by atoms with E-state index < -0.39 is 0 Å². The number of rotatable bonds is 8. The second kappa shape index (κ2) is 9.87. The third-order valence-electron chi connectivity index (χ3n) is 4.01. The Morgan fingerprint density at radius 3 is 2.74 bits per heavy atom. The zero-order chi connectivity index (χ0) is 18.9. The van der Waals surface area contributed by atoms with E-state index in [-0.39, 0.29) is 0 Å². The third kappa shape index (κ3) is 5.92. The van der Waals surface area contributed by atoms with Crippen molar-refractivity contribution in [2.75, 3.05) is 13.6 Å². The number of hydrogen-bond donors (Lipinski definition) is 2. The van der Waals surface area contributed by atoms with E-state index in [1.807, 2.05) is 37.3 Å². The van der Waals surface area contributed by atoms with Crippen molar-refractivity contribution in [2.45, 2.75) is 32.7 Å². The van der Waals surface area contributed by atoms with Gasteiger partial charge in [-0.15, -0.1) is 11.3 Å². The van der Waals surface area contributed by atoms with Crippen molar-refractivity contribution >= 4 is 17.3 Å². The molecule has 0 aliphatic heterocycles. The van der Waals surface area contributed by atoms with E-state index in [1.54, 1.807) is 24.6 Å². The maximum Gasteiger partial charge on any atom is 0.226 e. The topological polar surface area (TPSA) is 75.3 Å². The highest BCUT2D eigenvalue weighted by Gasteiger charge is 2.07. The Hall–Kier alpha value is -2.67. The minimum atomic E-state index is 0.564. The van der Waals surface area contributed by atoms with Crippen LogP contribution < -0.4 is 10.6 Å². The maximum absolute atomic E-state index is 5.56. The summed E-state index contributed by atoms with van der Waals surface area (Å²) < 4.78 is 5.56. The number of thiazole rings is 1. The quantitative estimate of drug-likeness (QED) is 0.352. The van der Waals surface area contributed by atoms with E-state index in [0.717, 1.165) is 48.7 Å². The van der Waals surface area contributed by atoms with Gasteiger partial charge in [0.05, 0.1) is 17.2 Å². The molecule has 3 rings (SSSR count). The summed E-state index contributed by atoms with van der Waals surface area (Å²) in [4.78, 5) is 13.3. The van der Waals surface area contributed by atoms with Crippen LogP contribution in [0.2, 0.25) is 0 Å². The predicted molar refractivity (Wildman–Crippen MR) is 110 cm³/mol. The Morgan fingerprint density at radius 1 is 1.15 bits per heavy atom. The zero-order valence-electron chi connectivity index (χ0n) is 15.7. The number of benzene rings is 1. The molecule has 0 aliphatic rings. The number of oxazole rings is 1. The lowest BCUT2D eigenvalue weighted by Gasteiger charge is -2.10. The molecule has 0 spiro atoms. The first-order valence-electron chi connectivity index (χ1n) is 9.10. The Bertz CT molecular complexity index is 856. The number of unbranched alkanes of at least 4 members (excludes halogenated alkanes) is 1. The van der Waals surface area contributed by atoms with Crippen molar-refractivity contribution in [3.05, 3.63) is 58.4 Å². The van der Waals surface area contributed by atoms with Gasteiger partial charge in [-0.25, -0.2) is 9.97 Å². The second-order valence-corrected chi connectivity index (χ2v) is 7.14. The molecule has 27 heavy (non-hydrogen) atoms. The fraction of sp³-hybridized carbons (Fsp3) is 0.350. The van der Waals surface area contributed by atoms with E-state index in [0.29, 0.717) is 12.4 Å². The molecule has 3 aromatic rings. The van der Waals surface area contributed by atoms with Crippen molar-refractivity contribution in [1.82, 2.24) is 20.6 Å². The number of aryl methyl sites for hydroxylation is 2. The normalized spacial score (nSPS) is 11.6. The smallest absolute Gasteiger partial charge is 0.226 e. The van der Waals surface area contributed by atoms with Crippen molar-refractivity contribution in [2.24, 2.45) is 4.99 Å². The summed E-state index contributed by atoms with van der Waals surface area (Å²) in [7, 11) is 1.77. The zero-order valence-corrected chi connectivity index (χ0v) is 16.6. The molecule has 0 amide bonds. The molecule has 0 aliphatic carbocycles. The van der Waals surface area contributed by atoms with Gasteiger partial charge in [0.15, 0.2) is 5.96 Å². The summed E-state index contributed by atoms with van der Waals surface area (Å²) in [5.41, 5.74) is 2.93. The largest absolute Gasteiger partial charge is 0.444 e. The first-order chi connectivity index (χ1) is 13.2. The second-order valence-electron chi connectivity index (χ2n) is 6.20. The monoisotopic (exact) mass is 383 g/mol. The number of nitrogens with zero attached hydrogens (tertiary/aromatic N) is 3. The van der Waals surface area contributed by atoms with E-state index >= 15 is 0 Å². The SMILES string of the molecule is CN=C(NCCCCc1nc(C)cs1)NCc1coc(-c2ccccc2)n1. The average molecular weight is 384 g/mol. The maximum atomic E-state index is 5.56. The fourth-order valence-corrected chi connectivity index (χ4v) is 3.44. The van der Waals surface area contributed by atoms with Crippen LogP contribution in [0.4, 0.5) is 0 Å². The molecule has 0 atom stereocenters. The van der Waals surface area contributed by atoms with Crippen LogP contribution in [0.25, 0.3) is 11.5 Å². The number of aliphatic imine (C=N–C) groups is 1. The predicted octanol–water partition coefficient (Wildman–Crippen LogP) is 3.79. The summed E-state index contributed by atoms with van der Waals surface area (Å²) in [6, 6.07) is 9.88. The van der Waals surface area contributed by atoms with Gasteiger partial charge in [-0.05, 0) is 38.3 Å². The Kier molecular flexibility index (Phi) is 6.98. The standard InChI is InChI=1S/C20H25N5OS/c1-15-14-27-18(24-15)10-6-7-11-22-20(21-2)23-12-17-13-26-19(25-17)16-8-4-3-5-9-16/h3-5,8-9,13-14H,6-7,10-12H2,1-2H3,(H2,21,22,23). The Labute approximate surface area is 163 Å². The van der Waals surface area contributed by atoms with Crippen molar-refractivity contribution in [3.63, 3.8) is 0 Å². The van der Waals surface area contributed by atoms with Crippen LogP contribution in [-0.4, -0.2) is 29.5 Å². The lowest BCUT2D eigenvalue weighted by molar-refractivity contribution is 0.572. The van der Waals surface area contributed by atoms with Crippen molar-refractivity contribution in [1.29, 1.82) is 0 Å². The average Bonchev–Trinajstić information content (AvgIpc) is 3.34. The molecule has 0 saturated heterocycles. The highest BCUT2D eigenvalue weighted by molar-refractivity contribution is 7.09. The molecular weight excluding hydrogens is 358 g/mol. The van der Waals surface area contributed by atoms with Crippen LogP contribution in [0.3, 0.4) is 0 Å². The summed E-state index contributed by atoms with van der Waals surface area (Å²) in [6.07, 6.45) is 4.90. The van der Waals surface area contributed by atoms with Crippen LogP contribution in [0.1, 0.15) is 29.2 Å². The van der Waals surface area contributed by atoms with Crippen LogP contribution in [0.5, 0.6) is 0 Å². The molecule has 6 nitrogen and oxygen atoms in total. The van der Waals surface area contributed by atoms with Crippen molar-refractivity contribution < 1.29 is 4.42 Å². The van der Waals surface area contributed by atoms with Gasteiger partial charge < -0.3 is 15.1 Å². The van der Waals surface area contributed by atoms with Gasteiger partial charge in [-0.2, -0.15) is 0 Å². The highest BCUT2D eigenvalue weighted by atomic mass is 32.1. The first kappa shape index (κ1) is 19.1. The van der Waals surface area contributed by atoms with Gasteiger partial charge >= 0.3 is 0 Å². The lowest BCUT2D eigenvalue weighted by Crippen LogP contribution is -2.37. The van der Waals surface area contributed by atoms with Gasteiger partial charge in [0.2, 0.25) is 5.89 Å². The lowest BCUT2D eigenvalue weighted by atomic mass is 10.2. The van der Waals surface area contributed by atoms with E-state index in [1.165, 1.54) is 5.01 Å². The van der Waals surface area contributed by atoms with Gasteiger partial charge in [0.25, 0.3) is 0 Å². The Morgan fingerprint density at radius 2 is 2.00 bits per heavy atom. The molecular formula is C20H25N5OS. The van der Waals surface area contributed by atoms with E-state index in [2.05, 4.69) is 31.0 Å². The fourth-order valence-electron chi connectivity index (χ4n) is 2.62. The number of guanidine groups is 1. The summed E-state index contributed by atoms with van der Waals surface area (Å²) in [6.45, 7) is 3.47. The molecule has 0 fully saturated rings. The minimum Gasteiger partial charge on any atom is -0.444 e. The van der Waals surface area contributed by atoms with Gasteiger partial charge in [0, 0.05) is 30.2 Å². The highest BCUT2D eigenvalue weighted by Crippen LogP contribution is 2.17. The van der Waals surface area contributed by atoms with Gasteiger partial charge in [-0.1, -0.05) is 18.2 Å². The van der Waals surface area contributed by atoms with E-state index in [4.69, 9.17) is 4.42 Å². The van der Waals surface area contributed by atoms with Crippen LogP contribution in [-0.2, 0) is 13.0 Å². The molecule has 0 unspecified atom stereocenters. The van der Waals surface area contributed by atoms with Gasteiger partial charge in [-0.3, -0.25) is 4.99 Å².